The van der Waals surface area contributed by atoms with Crippen LogP contribution in [0.25, 0.3) is 10.9 Å². The van der Waals surface area contributed by atoms with Crippen LogP contribution in [0.1, 0.15) is 44.4 Å². The van der Waals surface area contributed by atoms with Crippen molar-refractivity contribution in [2.45, 2.75) is 52.2 Å². The Morgan fingerprint density at radius 2 is 1.84 bits per heavy atom. The van der Waals surface area contributed by atoms with Crippen LogP contribution < -0.4 is 10.4 Å². The van der Waals surface area contributed by atoms with Crippen LogP contribution in [0.15, 0.2) is 36.5 Å². The fraction of sp³-hybridized carbons (Fsp3) is 0.360. The van der Waals surface area contributed by atoms with E-state index in [1.165, 1.54) is 0 Å². The lowest BCUT2D eigenvalue weighted by Crippen LogP contribution is -2.41. The number of hydrogen-bond acceptors (Lipinski definition) is 5. The van der Waals surface area contributed by atoms with E-state index in [0.29, 0.717) is 17.7 Å². The second-order valence-electron chi connectivity index (χ2n) is 9.63. The second kappa shape index (κ2) is 7.03. The normalized spacial score (nSPS) is 18.8. The van der Waals surface area contributed by atoms with Crippen molar-refractivity contribution in [3.05, 3.63) is 59.0 Å². The maximum atomic E-state index is 14.1. The Labute approximate surface area is 187 Å². The smallest absolute Gasteiger partial charge is 0.399 e. The molecule has 0 aliphatic carbocycles. The summed E-state index contributed by atoms with van der Waals surface area (Å²) in [6.45, 7) is 10.5. The summed E-state index contributed by atoms with van der Waals surface area (Å²) in [4.78, 5) is 6.62. The summed E-state index contributed by atoms with van der Waals surface area (Å²) in [7, 11) is -0.509. The minimum atomic E-state index is -0.509. The zero-order valence-electron chi connectivity index (χ0n) is 19.0. The molecule has 0 bridgehead atoms. The van der Waals surface area contributed by atoms with Crippen molar-refractivity contribution >= 4 is 34.9 Å². The molecule has 162 valence electrons. The average molecular weight is 429 g/mol. The highest BCUT2D eigenvalue weighted by Crippen LogP contribution is 2.41. The largest absolute Gasteiger partial charge is 0.494 e. The van der Waals surface area contributed by atoms with Crippen LogP contribution in [0.2, 0.25) is 0 Å². The van der Waals surface area contributed by atoms with Gasteiger partial charge in [0.1, 0.15) is 11.9 Å². The van der Waals surface area contributed by atoms with Gasteiger partial charge in [-0.25, -0.2) is 4.39 Å². The van der Waals surface area contributed by atoms with E-state index in [2.05, 4.69) is 16.0 Å². The first-order valence-electron chi connectivity index (χ1n) is 10.9. The molecule has 3 aromatic rings. The maximum absolute atomic E-state index is 14.1. The van der Waals surface area contributed by atoms with Gasteiger partial charge in [-0.05, 0) is 75.8 Å². The summed E-state index contributed by atoms with van der Waals surface area (Å²) in [5.74, 6) is -0.200. The van der Waals surface area contributed by atoms with Crippen molar-refractivity contribution in [2.24, 2.45) is 0 Å². The molecule has 3 heterocycles. The van der Waals surface area contributed by atoms with Crippen molar-refractivity contribution in [2.75, 3.05) is 11.4 Å². The molecule has 1 fully saturated rings. The average Bonchev–Trinajstić information content (AvgIpc) is 3.23. The third kappa shape index (κ3) is 3.09. The number of fused-ring (bicyclic) bond motifs is 2. The molecule has 1 aromatic heterocycles. The molecule has 0 spiro atoms. The predicted octanol–water partition coefficient (Wildman–Crippen LogP) is 4.55. The summed E-state index contributed by atoms with van der Waals surface area (Å²) in [5, 5.41) is 10.7. The number of aryl methyl sites for hydroxylation is 1. The molecule has 0 amide bonds. The Morgan fingerprint density at radius 3 is 2.53 bits per heavy atom. The van der Waals surface area contributed by atoms with E-state index in [0.717, 1.165) is 39.7 Å². The van der Waals surface area contributed by atoms with Crippen LogP contribution in [0.3, 0.4) is 0 Å². The molecule has 0 N–H and O–H groups in total. The molecule has 5 nitrogen and oxygen atoms in total. The van der Waals surface area contributed by atoms with Crippen LogP contribution in [0, 0.1) is 24.1 Å². The maximum Gasteiger partial charge on any atom is 0.494 e. The third-order valence-electron chi connectivity index (χ3n) is 7.03. The number of aromatic nitrogens is 1. The first-order valence-corrected chi connectivity index (χ1v) is 10.9. The Hall–Kier alpha value is -2.95. The number of anilines is 2. The van der Waals surface area contributed by atoms with Gasteiger partial charge in [0.25, 0.3) is 0 Å². The van der Waals surface area contributed by atoms with E-state index < -0.39 is 18.3 Å². The number of nitrogens with zero attached hydrogens (tertiary/aromatic N) is 3. The lowest BCUT2D eigenvalue weighted by molar-refractivity contribution is 0.00578. The molecule has 2 aliphatic rings. The number of nitriles is 1. The number of halogens is 1. The minimum absolute atomic E-state index is 0.200. The SMILES string of the molecule is Cc1cc2c(cc1F)CCN2c1c(C#N)cnc2ccc(B3OC(C)(C)C(C)(C)O3)cc12. The van der Waals surface area contributed by atoms with Crippen LogP contribution in [0.4, 0.5) is 15.8 Å². The number of benzene rings is 2. The predicted molar refractivity (Wildman–Crippen MR) is 124 cm³/mol. The van der Waals surface area contributed by atoms with E-state index in [1.807, 2.05) is 52.0 Å². The van der Waals surface area contributed by atoms with Crippen molar-refractivity contribution in [3.63, 3.8) is 0 Å². The third-order valence-corrected chi connectivity index (χ3v) is 7.03. The second-order valence-corrected chi connectivity index (χ2v) is 9.63. The molecule has 1 saturated heterocycles. The van der Waals surface area contributed by atoms with Crippen molar-refractivity contribution in [3.8, 4) is 6.07 Å². The minimum Gasteiger partial charge on any atom is -0.399 e. The lowest BCUT2D eigenvalue weighted by atomic mass is 9.78. The summed E-state index contributed by atoms with van der Waals surface area (Å²) < 4.78 is 26.6. The molecule has 0 saturated carbocycles. The number of hydrogen-bond donors (Lipinski definition) is 0. The highest BCUT2D eigenvalue weighted by molar-refractivity contribution is 6.62. The van der Waals surface area contributed by atoms with Gasteiger partial charge in [0, 0.05) is 23.8 Å². The highest BCUT2D eigenvalue weighted by atomic mass is 19.1. The molecule has 0 radical (unpaired) electrons. The molecule has 2 aromatic carbocycles. The molecule has 5 rings (SSSR count). The van der Waals surface area contributed by atoms with E-state index >= 15 is 0 Å². The monoisotopic (exact) mass is 429 g/mol. The van der Waals surface area contributed by atoms with E-state index in [4.69, 9.17) is 9.31 Å². The Bertz CT molecular complexity index is 1280. The van der Waals surface area contributed by atoms with E-state index in [9.17, 15) is 9.65 Å². The molecular weight excluding hydrogens is 404 g/mol. The van der Waals surface area contributed by atoms with Crippen molar-refractivity contribution in [1.82, 2.24) is 4.98 Å². The zero-order valence-corrected chi connectivity index (χ0v) is 19.0. The van der Waals surface area contributed by atoms with Gasteiger partial charge in [0.15, 0.2) is 0 Å². The zero-order chi connectivity index (χ0) is 22.8. The molecule has 0 unspecified atom stereocenters. The summed E-state index contributed by atoms with van der Waals surface area (Å²) >= 11 is 0. The van der Waals surface area contributed by atoms with Crippen LogP contribution in [-0.4, -0.2) is 29.8 Å². The lowest BCUT2D eigenvalue weighted by Gasteiger charge is -2.32. The fourth-order valence-electron chi connectivity index (χ4n) is 4.44. The van der Waals surface area contributed by atoms with Crippen LogP contribution >= 0.6 is 0 Å². The number of pyridine rings is 1. The van der Waals surface area contributed by atoms with Crippen molar-refractivity contribution in [1.29, 1.82) is 5.26 Å². The molecule has 32 heavy (non-hydrogen) atoms. The Kier molecular flexibility index (Phi) is 4.60. The number of rotatable bonds is 2. The van der Waals surface area contributed by atoms with Crippen molar-refractivity contribution < 1.29 is 13.7 Å². The van der Waals surface area contributed by atoms with Gasteiger partial charge in [-0.1, -0.05) is 12.1 Å². The Balaban J connectivity index is 1.67. The summed E-state index contributed by atoms with van der Waals surface area (Å²) in [5.41, 5.74) is 4.52. The standard InChI is InChI=1S/C25H25BFN3O2/c1-15-10-22-16(11-20(15)27)8-9-30(22)23-17(13-28)14-29-21-7-6-18(12-19(21)23)26-31-24(2,3)25(4,5)32-26/h6-7,10-12,14H,8-9H2,1-5H3. The first kappa shape index (κ1) is 20.9. The van der Waals surface area contributed by atoms with Gasteiger partial charge in [-0.15, -0.1) is 0 Å². The highest BCUT2D eigenvalue weighted by Gasteiger charge is 2.51. The molecule has 0 atom stereocenters. The van der Waals surface area contributed by atoms with Gasteiger partial charge in [-0.2, -0.15) is 5.26 Å². The van der Waals surface area contributed by atoms with E-state index in [-0.39, 0.29) is 5.82 Å². The first-order chi connectivity index (χ1) is 15.1. The molecule has 2 aliphatic heterocycles. The summed E-state index contributed by atoms with van der Waals surface area (Å²) in [6, 6.07) is 11.7. The van der Waals surface area contributed by atoms with Gasteiger partial charge >= 0.3 is 7.12 Å². The quantitative estimate of drug-likeness (QED) is 0.560. The van der Waals surface area contributed by atoms with Gasteiger partial charge in [0.2, 0.25) is 0 Å². The Morgan fingerprint density at radius 1 is 1.12 bits per heavy atom. The fourth-order valence-corrected chi connectivity index (χ4v) is 4.44. The van der Waals surface area contributed by atoms with Gasteiger partial charge in [-0.3, -0.25) is 4.98 Å². The topological polar surface area (TPSA) is 58.4 Å². The van der Waals surface area contributed by atoms with Gasteiger partial charge < -0.3 is 14.2 Å². The molecule has 7 heteroatoms. The van der Waals surface area contributed by atoms with E-state index in [1.54, 1.807) is 19.2 Å². The van der Waals surface area contributed by atoms with Crippen LogP contribution in [-0.2, 0) is 15.7 Å². The van der Waals surface area contributed by atoms with Gasteiger partial charge in [0.05, 0.1) is 28.0 Å². The summed E-state index contributed by atoms with van der Waals surface area (Å²) in [6.07, 6.45) is 2.33. The van der Waals surface area contributed by atoms with Crippen LogP contribution in [0.5, 0.6) is 0 Å². The molecular formula is C25H25BFN3O2.